The number of hydrogen-bond donors (Lipinski definition) is 3. The van der Waals surface area contributed by atoms with E-state index in [2.05, 4.69) is 19.4 Å². The molecule has 0 radical (unpaired) electrons. The second-order valence-corrected chi connectivity index (χ2v) is 36.0. The van der Waals surface area contributed by atoms with Gasteiger partial charge in [-0.05, 0) is 183 Å². The number of sulfonamides is 2. The van der Waals surface area contributed by atoms with Gasteiger partial charge in [0, 0.05) is 48.6 Å². The van der Waals surface area contributed by atoms with E-state index >= 15 is 0 Å². The first-order chi connectivity index (χ1) is 50.7. The number of nitrogens with zero attached hydrogens (tertiary/aromatic N) is 4. The van der Waals surface area contributed by atoms with Gasteiger partial charge >= 0.3 is 12.1 Å². The van der Waals surface area contributed by atoms with Gasteiger partial charge in [-0.25, -0.2) is 30.6 Å². The van der Waals surface area contributed by atoms with Crippen molar-refractivity contribution < 1.29 is 72.8 Å². The molecule has 14 rings (SSSR count). The van der Waals surface area contributed by atoms with Crippen molar-refractivity contribution in [2.45, 2.75) is 216 Å². The van der Waals surface area contributed by atoms with Crippen molar-refractivity contribution in [2.24, 2.45) is 34.5 Å². The van der Waals surface area contributed by atoms with Gasteiger partial charge in [0.2, 0.25) is 43.7 Å². The summed E-state index contributed by atoms with van der Waals surface area (Å²) in [4.78, 5) is 97.1. The molecule has 6 aromatic rings. The first kappa shape index (κ1) is 75.6. The van der Waals surface area contributed by atoms with Crippen molar-refractivity contribution in [1.29, 1.82) is 0 Å². The number of ketones is 2. The third kappa shape index (κ3) is 16.7. The van der Waals surface area contributed by atoms with Gasteiger partial charge in [0.15, 0.2) is 17.3 Å². The standard InChI is InChI=1S/C42H51FN4O6S.C40H46FN3O7S/c1-4-46-36(30-13-10-8-11-14-30)26-44-40(46)53-34-23-35-37(48)25-42(39(50)45-54(51,52)41(3)17-18-41)24-32(42)16-12-7-5-6-9-15-31(38(49)47(35)27-34)21-29-19-28(2)20-33(43)22-29;1-26-17-27(20-31(41)18-26)19-29-13-7-4-3-5-10-14-30-22-40(30,37(47)43-52(48,49)39(2)15-16-39)23-35(45)34-21-32(24-44(34)36(29)46)51-38-42-33(25-50-38)28-11-8-6-9-12-28/h8,10-14,16,19-20,22,26,31-32,34-35H,4-7,9,15,17-18,21,23-25,27H2,1-3H3,(H,45,50);6,8-12,14,17-18,20,25,29-30,32,34H,3-5,7,13,15-16,19,21-24H2,1-2H3,(H,43,47)/p+1/b16-12-;14-10-/t31-,32-,34-,35+,42-;29-,30-,32-,34+,40-/m11/s1. The zero-order valence-corrected chi connectivity index (χ0v) is 62.8. The number of ether oxygens (including phenoxy) is 2. The van der Waals surface area contributed by atoms with Crippen LogP contribution < -0.4 is 23.5 Å². The second-order valence-electron chi connectivity index (χ2n) is 31.6. The molecule has 106 heavy (non-hydrogen) atoms. The fraction of sp³-hybridized carbons (Fsp3) is 0.512. The molecular formula is C82H98F2N7O13S2+. The van der Waals surface area contributed by atoms with Crippen LogP contribution in [0.5, 0.6) is 12.1 Å². The first-order valence-electron chi connectivity index (χ1n) is 37.8. The molecule has 564 valence electrons. The van der Waals surface area contributed by atoms with Crippen LogP contribution in [0.15, 0.2) is 138 Å². The van der Waals surface area contributed by atoms with Crippen LogP contribution in [-0.4, -0.2) is 119 Å². The lowest BCUT2D eigenvalue weighted by molar-refractivity contribution is -0.687. The molecule has 4 aliphatic heterocycles. The Morgan fingerprint density at radius 2 is 1.09 bits per heavy atom. The summed E-state index contributed by atoms with van der Waals surface area (Å²) in [5.74, 6) is -4.65. The zero-order valence-electron chi connectivity index (χ0n) is 61.2. The van der Waals surface area contributed by atoms with Gasteiger partial charge in [0.05, 0.1) is 52.0 Å². The number of fused-ring (bicyclic) bond motifs is 4. The Morgan fingerprint density at radius 3 is 1.55 bits per heavy atom. The van der Waals surface area contributed by atoms with Crippen LogP contribution in [0.25, 0.3) is 22.5 Å². The van der Waals surface area contributed by atoms with Crippen LogP contribution in [0.4, 0.5) is 8.78 Å². The van der Waals surface area contributed by atoms with Crippen LogP contribution in [-0.2, 0) is 68.2 Å². The molecule has 4 aliphatic carbocycles. The molecule has 4 aromatic carbocycles. The summed E-state index contributed by atoms with van der Waals surface area (Å²) in [6, 6.07) is 27.8. The van der Waals surface area contributed by atoms with Gasteiger partial charge in [-0.15, -0.1) is 0 Å². The van der Waals surface area contributed by atoms with Crippen molar-refractivity contribution in [2.75, 3.05) is 13.1 Å². The van der Waals surface area contributed by atoms with Crippen LogP contribution in [0.2, 0.25) is 0 Å². The van der Waals surface area contributed by atoms with E-state index in [9.17, 15) is 54.4 Å². The number of aromatic nitrogens is 3. The second kappa shape index (κ2) is 30.9. The number of aromatic amines is 1. The Kier molecular flexibility index (Phi) is 22.0. The number of halogens is 2. The summed E-state index contributed by atoms with van der Waals surface area (Å²) in [6.45, 7) is 9.77. The van der Waals surface area contributed by atoms with E-state index in [0.29, 0.717) is 88.0 Å². The van der Waals surface area contributed by atoms with E-state index < -0.39 is 88.3 Å². The van der Waals surface area contributed by atoms with E-state index in [0.717, 1.165) is 84.9 Å². The van der Waals surface area contributed by atoms with Gasteiger partial charge in [0.1, 0.15) is 42.0 Å². The normalized spacial score (nSPS) is 27.9. The van der Waals surface area contributed by atoms with E-state index in [1.54, 1.807) is 23.6 Å². The number of oxazole rings is 1. The average Bonchev–Trinajstić information content (AvgIpc) is 1.57. The number of Topliss-reactive ketones (excluding diaryl/α,β-unsaturated/α-hetero) is 2. The largest absolute Gasteiger partial charge is 0.454 e. The highest BCUT2D eigenvalue weighted by atomic mass is 32.2. The quantitative estimate of drug-likeness (QED) is 0.0566. The number of carbonyl (C=O) groups is 6. The smallest absolute Gasteiger partial charge is 0.445 e. The molecule has 6 fully saturated rings. The van der Waals surface area contributed by atoms with E-state index in [1.165, 1.54) is 30.5 Å². The highest BCUT2D eigenvalue weighted by Crippen LogP contribution is 2.59. The average molecular weight is 1490 g/mol. The van der Waals surface area contributed by atoms with Crippen molar-refractivity contribution in [3.05, 3.63) is 168 Å². The molecule has 0 unspecified atom stereocenters. The number of rotatable bonds is 17. The summed E-state index contributed by atoms with van der Waals surface area (Å²) in [7, 11) is -7.84. The Morgan fingerprint density at radius 1 is 0.632 bits per heavy atom. The van der Waals surface area contributed by atoms with Crippen LogP contribution >= 0.6 is 0 Å². The van der Waals surface area contributed by atoms with Crippen molar-refractivity contribution >= 4 is 55.2 Å². The topological polar surface area (TPSA) is 265 Å². The number of H-pyrrole nitrogens is 1. The number of nitrogens with one attached hydrogen (secondary N) is 3. The van der Waals surface area contributed by atoms with Crippen molar-refractivity contribution in [3.63, 3.8) is 0 Å². The first-order valence-corrected chi connectivity index (χ1v) is 40.8. The Bertz CT molecular complexity index is 4550. The minimum Gasteiger partial charge on any atom is -0.445 e. The number of hydrogen-bond acceptors (Lipinski definition) is 14. The molecule has 8 aliphatic rings. The molecule has 2 aromatic heterocycles. The lowest BCUT2D eigenvalue weighted by atomic mass is 9.89. The monoisotopic (exact) mass is 1490 g/mol. The highest BCUT2D eigenvalue weighted by molar-refractivity contribution is 7.92. The minimum atomic E-state index is -3.92. The number of aryl methyl sites for hydroxylation is 2. The molecule has 4 amide bonds. The maximum Gasteiger partial charge on any atom is 0.454 e. The maximum absolute atomic E-state index is 14.7. The van der Waals surface area contributed by atoms with Crippen LogP contribution in [0.3, 0.4) is 0 Å². The molecule has 3 N–H and O–H groups in total. The predicted octanol–water partition coefficient (Wildman–Crippen LogP) is 12.6. The number of carbonyl (C=O) groups excluding carboxylic acids is 6. The number of imidazole rings is 1. The summed E-state index contributed by atoms with van der Waals surface area (Å²) in [5.41, 5.74) is 3.90. The fourth-order valence-electron chi connectivity index (χ4n) is 16.3. The van der Waals surface area contributed by atoms with E-state index in [1.807, 2.05) is 129 Å². The third-order valence-corrected chi connectivity index (χ3v) is 27.8. The van der Waals surface area contributed by atoms with Crippen LogP contribution in [0, 0.1) is 60.0 Å². The summed E-state index contributed by atoms with van der Waals surface area (Å²) >= 11 is 0. The molecule has 6 heterocycles. The SMILES string of the molecule is CC[n+]1c(-c2ccccc2)c[nH]c1O[C@@H]1C[C@H]2C(=O)C[C@]3(C(=O)NS(=O)(=O)C4(C)CC4)C[C@H]3/C=C\CCCCC[C@H](Cc3cc(C)cc(F)c3)C(=O)N2C1.Cc1cc(F)cc(C[C@H]2CCCCC/C=C\[C@@H]3C[C@@]3(C(=O)NS(=O)(=O)C3(C)CC3)CC(=O)[C@@H]3C[C@@H](Oc4nc(-c5ccccc5)co4)CN3C2=O)c1. The number of benzene rings is 4. The van der Waals surface area contributed by atoms with Gasteiger partial charge in [0.25, 0.3) is 0 Å². The minimum absolute atomic E-state index is 0.0142. The lowest BCUT2D eigenvalue weighted by Gasteiger charge is -2.29. The maximum atomic E-state index is 14.7. The molecule has 10 atom stereocenters. The van der Waals surface area contributed by atoms with Gasteiger partial charge in [-0.3, -0.25) is 38.2 Å². The Balaban J connectivity index is 0.000000188. The van der Waals surface area contributed by atoms with E-state index in [4.69, 9.17) is 13.9 Å². The van der Waals surface area contributed by atoms with Gasteiger partial charge in [-0.2, -0.15) is 9.55 Å². The van der Waals surface area contributed by atoms with Crippen LogP contribution in [0.1, 0.15) is 171 Å². The molecule has 24 heteroatoms. The Labute approximate surface area is 620 Å². The molecule has 4 saturated carbocycles. The molecule has 0 spiro atoms. The van der Waals surface area contributed by atoms with Gasteiger partial charge < -0.3 is 23.7 Å². The summed E-state index contributed by atoms with van der Waals surface area (Å²) in [6.07, 6.45) is 21.1. The Hall–Kier alpha value is -8.64. The molecule has 20 nitrogen and oxygen atoms in total. The summed E-state index contributed by atoms with van der Waals surface area (Å²) in [5, 5.41) is 0. The molecule has 0 bridgehead atoms. The molecule has 2 saturated heterocycles. The summed E-state index contributed by atoms with van der Waals surface area (Å²) < 4.78 is 105. The number of allylic oxidation sites excluding steroid dienone is 4. The molecular weight excluding hydrogens is 1390 g/mol. The van der Waals surface area contributed by atoms with Crippen molar-refractivity contribution in [3.8, 4) is 34.6 Å². The fourth-order valence-corrected chi connectivity index (χ4v) is 18.9. The van der Waals surface area contributed by atoms with E-state index in [-0.39, 0.29) is 91.7 Å². The van der Waals surface area contributed by atoms with Crippen molar-refractivity contribution in [1.82, 2.24) is 29.2 Å². The predicted molar refractivity (Wildman–Crippen MR) is 394 cm³/mol. The zero-order chi connectivity index (χ0) is 74.9. The third-order valence-electron chi connectivity index (χ3n) is 23.4. The lowest BCUT2D eigenvalue weighted by Crippen LogP contribution is -2.47. The highest BCUT2D eigenvalue weighted by Gasteiger charge is 2.64. The van der Waals surface area contributed by atoms with Gasteiger partial charge in [-0.1, -0.05) is 123 Å². The number of amides is 4.